The molecule has 1 aromatic carbocycles. The van der Waals surface area contributed by atoms with Crippen LogP contribution in [-0.4, -0.2) is 22.3 Å². The lowest BCUT2D eigenvalue weighted by molar-refractivity contribution is -0.122. The second kappa shape index (κ2) is 6.60. The van der Waals surface area contributed by atoms with Crippen molar-refractivity contribution in [3.63, 3.8) is 0 Å². The third-order valence-electron chi connectivity index (χ3n) is 3.71. The number of rotatable bonds is 4. The van der Waals surface area contributed by atoms with E-state index >= 15 is 0 Å². The lowest BCUT2D eigenvalue weighted by Crippen LogP contribution is -2.29. The second-order valence-electron chi connectivity index (χ2n) is 5.31. The summed E-state index contributed by atoms with van der Waals surface area (Å²) >= 11 is 0. The zero-order valence-electron chi connectivity index (χ0n) is 12.2. The van der Waals surface area contributed by atoms with Gasteiger partial charge >= 0.3 is 0 Å². The molecule has 1 atom stereocenters. The summed E-state index contributed by atoms with van der Waals surface area (Å²) in [5.41, 5.74) is 0.839. The van der Waals surface area contributed by atoms with Crippen molar-refractivity contribution in [2.75, 3.05) is 6.61 Å². The van der Waals surface area contributed by atoms with Crippen molar-refractivity contribution in [1.29, 1.82) is 0 Å². The monoisotopic (exact) mass is 303 g/mol. The van der Waals surface area contributed by atoms with Crippen LogP contribution in [0.1, 0.15) is 30.9 Å². The van der Waals surface area contributed by atoms with Crippen LogP contribution >= 0.6 is 0 Å². The van der Waals surface area contributed by atoms with Crippen molar-refractivity contribution in [3.8, 4) is 5.75 Å². The molecule has 0 saturated heterocycles. The fourth-order valence-electron chi connectivity index (χ4n) is 2.61. The molecule has 0 saturated carbocycles. The Kier molecular flexibility index (Phi) is 4.37. The number of carbonyl (C=O) groups excluding carboxylic acids is 1. The van der Waals surface area contributed by atoms with Crippen molar-refractivity contribution in [1.82, 2.24) is 15.1 Å². The van der Waals surface area contributed by atoms with E-state index in [0.717, 1.165) is 18.4 Å². The van der Waals surface area contributed by atoms with Gasteiger partial charge in [-0.2, -0.15) is 5.10 Å². The molecule has 0 radical (unpaired) electrons. The normalized spacial score (nSPS) is 17.2. The SMILES string of the molecule is O=C(CCn1cccn1)N[C@H]1CCCOc2cc(F)ccc21. The molecule has 1 aliphatic heterocycles. The highest BCUT2D eigenvalue weighted by molar-refractivity contribution is 5.76. The third kappa shape index (κ3) is 3.44. The molecule has 22 heavy (non-hydrogen) atoms. The van der Waals surface area contributed by atoms with Gasteiger partial charge in [0.1, 0.15) is 11.6 Å². The van der Waals surface area contributed by atoms with Gasteiger partial charge in [0, 0.05) is 37.0 Å². The average Bonchev–Trinajstić information content (AvgIpc) is 2.95. The zero-order chi connectivity index (χ0) is 15.4. The van der Waals surface area contributed by atoms with E-state index in [1.165, 1.54) is 12.1 Å². The number of aryl methyl sites for hydroxylation is 1. The Bertz CT molecular complexity index is 643. The highest BCUT2D eigenvalue weighted by Gasteiger charge is 2.21. The molecule has 0 unspecified atom stereocenters. The van der Waals surface area contributed by atoms with Gasteiger partial charge in [0.05, 0.1) is 12.6 Å². The summed E-state index contributed by atoms with van der Waals surface area (Å²) in [6.45, 7) is 1.08. The third-order valence-corrected chi connectivity index (χ3v) is 3.71. The predicted molar refractivity (Wildman–Crippen MR) is 78.9 cm³/mol. The Morgan fingerprint density at radius 1 is 1.50 bits per heavy atom. The zero-order valence-corrected chi connectivity index (χ0v) is 12.2. The van der Waals surface area contributed by atoms with Gasteiger partial charge in [-0.25, -0.2) is 4.39 Å². The van der Waals surface area contributed by atoms with Crippen LogP contribution in [0, 0.1) is 5.82 Å². The molecule has 5 nitrogen and oxygen atoms in total. The number of carbonyl (C=O) groups is 1. The number of halogens is 1. The minimum Gasteiger partial charge on any atom is -0.493 e. The van der Waals surface area contributed by atoms with Gasteiger partial charge in [-0.1, -0.05) is 6.07 Å². The highest BCUT2D eigenvalue weighted by Crippen LogP contribution is 2.32. The van der Waals surface area contributed by atoms with Crippen LogP contribution in [0.4, 0.5) is 4.39 Å². The van der Waals surface area contributed by atoms with Crippen LogP contribution in [0.15, 0.2) is 36.7 Å². The first kappa shape index (κ1) is 14.6. The Labute approximate surface area is 128 Å². The lowest BCUT2D eigenvalue weighted by Gasteiger charge is -2.18. The number of nitrogens with one attached hydrogen (secondary N) is 1. The number of hydrogen-bond donors (Lipinski definition) is 1. The lowest BCUT2D eigenvalue weighted by atomic mass is 10.0. The molecule has 1 amide bonds. The standard InChI is InChI=1S/C16H18FN3O2/c17-12-4-5-13-14(3-1-10-22-15(13)11-12)19-16(21)6-9-20-8-2-7-18-20/h2,4-5,7-8,11,14H,1,3,6,9-10H2,(H,19,21)/t14-/m0/s1. The molecule has 1 N–H and O–H groups in total. The van der Waals surface area contributed by atoms with Crippen LogP contribution in [0.25, 0.3) is 0 Å². The Hall–Kier alpha value is -2.37. The first-order chi connectivity index (χ1) is 10.7. The summed E-state index contributed by atoms with van der Waals surface area (Å²) in [7, 11) is 0. The van der Waals surface area contributed by atoms with Gasteiger partial charge < -0.3 is 10.1 Å². The van der Waals surface area contributed by atoms with Crippen LogP contribution in [0.3, 0.4) is 0 Å². The van der Waals surface area contributed by atoms with E-state index in [1.54, 1.807) is 16.9 Å². The topological polar surface area (TPSA) is 56.2 Å². The summed E-state index contributed by atoms with van der Waals surface area (Å²) in [4.78, 5) is 12.1. The first-order valence-corrected chi connectivity index (χ1v) is 7.41. The fraction of sp³-hybridized carbons (Fsp3) is 0.375. The van der Waals surface area contributed by atoms with Crippen LogP contribution in [0.2, 0.25) is 0 Å². The number of hydrogen-bond acceptors (Lipinski definition) is 3. The molecule has 0 fully saturated rings. The minimum absolute atomic E-state index is 0.0438. The van der Waals surface area contributed by atoms with E-state index < -0.39 is 0 Å². The maximum atomic E-state index is 13.3. The summed E-state index contributed by atoms with van der Waals surface area (Å²) < 4.78 is 20.6. The molecule has 2 heterocycles. The largest absolute Gasteiger partial charge is 0.493 e. The molecule has 3 rings (SSSR count). The summed E-state index contributed by atoms with van der Waals surface area (Å²) in [6, 6.07) is 6.16. The molecule has 1 aromatic heterocycles. The van der Waals surface area contributed by atoms with Crippen molar-refractivity contribution in [2.24, 2.45) is 0 Å². The Balaban J connectivity index is 1.65. The molecule has 2 aromatic rings. The average molecular weight is 303 g/mol. The van der Waals surface area contributed by atoms with Gasteiger partial charge in [-0.3, -0.25) is 9.48 Å². The molecule has 0 bridgehead atoms. The smallest absolute Gasteiger partial charge is 0.222 e. The number of nitrogens with zero attached hydrogens (tertiary/aromatic N) is 2. The second-order valence-corrected chi connectivity index (χ2v) is 5.31. The van der Waals surface area contributed by atoms with Crippen molar-refractivity contribution in [3.05, 3.63) is 48.0 Å². The van der Waals surface area contributed by atoms with E-state index in [1.807, 2.05) is 12.3 Å². The van der Waals surface area contributed by atoms with Gasteiger partial charge in [0.25, 0.3) is 0 Å². The Morgan fingerprint density at radius 2 is 2.41 bits per heavy atom. The van der Waals surface area contributed by atoms with Gasteiger partial charge in [-0.05, 0) is 25.0 Å². The van der Waals surface area contributed by atoms with Crippen LogP contribution in [-0.2, 0) is 11.3 Å². The molecule has 0 aliphatic carbocycles. The van der Waals surface area contributed by atoms with E-state index in [9.17, 15) is 9.18 Å². The van der Waals surface area contributed by atoms with E-state index in [4.69, 9.17) is 4.74 Å². The number of ether oxygens (including phenoxy) is 1. The fourth-order valence-corrected chi connectivity index (χ4v) is 2.61. The number of aromatic nitrogens is 2. The summed E-state index contributed by atoms with van der Waals surface area (Å²) in [5.74, 6) is 0.150. The van der Waals surface area contributed by atoms with Gasteiger partial charge in [0.2, 0.25) is 5.91 Å². The van der Waals surface area contributed by atoms with Crippen molar-refractivity contribution >= 4 is 5.91 Å². The molecule has 116 valence electrons. The summed E-state index contributed by atoms with van der Waals surface area (Å²) in [5, 5.41) is 7.09. The minimum atomic E-state index is -0.329. The quantitative estimate of drug-likeness (QED) is 0.944. The number of amides is 1. The first-order valence-electron chi connectivity index (χ1n) is 7.41. The maximum absolute atomic E-state index is 13.3. The van der Waals surface area contributed by atoms with E-state index in [0.29, 0.717) is 25.3 Å². The van der Waals surface area contributed by atoms with Crippen molar-refractivity contribution in [2.45, 2.75) is 31.8 Å². The number of fused-ring (bicyclic) bond motifs is 1. The van der Waals surface area contributed by atoms with E-state index in [2.05, 4.69) is 10.4 Å². The maximum Gasteiger partial charge on any atom is 0.222 e. The number of benzene rings is 1. The molecular formula is C16H18FN3O2. The van der Waals surface area contributed by atoms with Gasteiger partial charge in [0.15, 0.2) is 0 Å². The molecule has 6 heteroatoms. The molecule has 0 spiro atoms. The molecule has 1 aliphatic rings. The van der Waals surface area contributed by atoms with E-state index in [-0.39, 0.29) is 17.8 Å². The molecular weight excluding hydrogens is 285 g/mol. The van der Waals surface area contributed by atoms with Crippen molar-refractivity contribution < 1.29 is 13.9 Å². The summed E-state index contributed by atoms with van der Waals surface area (Å²) in [6.07, 6.45) is 5.47. The van der Waals surface area contributed by atoms with Crippen LogP contribution in [0.5, 0.6) is 5.75 Å². The van der Waals surface area contributed by atoms with Gasteiger partial charge in [-0.15, -0.1) is 0 Å². The highest BCUT2D eigenvalue weighted by atomic mass is 19.1. The predicted octanol–water partition coefficient (Wildman–Crippen LogP) is 2.44. The van der Waals surface area contributed by atoms with Crippen LogP contribution < -0.4 is 10.1 Å². The Morgan fingerprint density at radius 3 is 3.23 bits per heavy atom.